The molecule has 1 N–H and O–H groups in total. The molecule has 1 amide bonds. The van der Waals surface area contributed by atoms with Crippen molar-refractivity contribution in [3.63, 3.8) is 0 Å². The molecule has 0 spiro atoms. The average Bonchev–Trinajstić information content (AvgIpc) is 2.90. The summed E-state index contributed by atoms with van der Waals surface area (Å²) in [7, 11) is 0. The van der Waals surface area contributed by atoms with Crippen molar-refractivity contribution < 1.29 is 9.32 Å². The lowest BCUT2D eigenvalue weighted by molar-refractivity contribution is 0.0638. The van der Waals surface area contributed by atoms with Crippen LogP contribution in [0.1, 0.15) is 36.7 Å². The van der Waals surface area contributed by atoms with Crippen molar-refractivity contribution in [2.45, 2.75) is 32.2 Å². The van der Waals surface area contributed by atoms with E-state index in [0.29, 0.717) is 5.69 Å². The van der Waals surface area contributed by atoms with Gasteiger partial charge in [0.1, 0.15) is 6.26 Å². The Hall–Kier alpha value is -1.36. The molecule has 94 valence electrons. The van der Waals surface area contributed by atoms with E-state index in [2.05, 4.69) is 17.4 Å². The third kappa shape index (κ3) is 2.85. The molecule has 1 atom stereocenters. The number of carbonyl (C=O) groups excluding carboxylic acids is 1. The van der Waals surface area contributed by atoms with Crippen LogP contribution in [0.4, 0.5) is 0 Å². The van der Waals surface area contributed by atoms with Crippen LogP contribution in [0.5, 0.6) is 0 Å². The molecule has 1 aliphatic heterocycles. The zero-order chi connectivity index (χ0) is 12.1. The number of amides is 1. The van der Waals surface area contributed by atoms with Gasteiger partial charge in [0, 0.05) is 25.2 Å². The van der Waals surface area contributed by atoms with Crippen LogP contribution in [0.2, 0.25) is 0 Å². The van der Waals surface area contributed by atoms with Crippen LogP contribution in [-0.4, -0.2) is 41.6 Å². The van der Waals surface area contributed by atoms with Gasteiger partial charge in [0.15, 0.2) is 5.69 Å². The van der Waals surface area contributed by atoms with Gasteiger partial charge in [-0.05, 0) is 25.8 Å². The largest absolute Gasteiger partial charge is 0.364 e. The first-order chi connectivity index (χ1) is 8.33. The van der Waals surface area contributed by atoms with Crippen molar-refractivity contribution in [1.82, 2.24) is 15.4 Å². The second kappa shape index (κ2) is 5.82. The predicted molar refractivity (Wildman–Crippen MR) is 63.7 cm³/mol. The number of rotatable bonds is 4. The summed E-state index contributed by atoms with van der Waals surface area (Å²) in [4.78, 5) is 14.2. The number of nitrogens with zero attached hydrogens (tertiary/aromatic N) is 2. The molecule has 1 aromatic heterocycles. The fourth-order valence-corrected chi connectivity index (χ4v) is 2.26. The highest BCUT2D eigenvalue weighted by atomic mass is 16.5. The maximum Gasteiger partial charge on any atom is 0.276 e. The molecule has 1 saturated heterocycles. The van der Waals surface area contributed by atoms with Gasteiger partial charge >= 0.3 is 0 Å². The SMILES string of the molecule is CCCN(C(=O)c1ccon1)C1CCCNC1. The van der Waals surface area contributed by atoms with Crippen molar-refractivity contribution >= 4 is 5.91 Å². The van der Waals surface area contributed by atoms with E-state index >= 15 is 0 Å². The molecule has 0 saturated carbocycles. The van der Waals surface area contributed by atoms with Gasteiger partial charge in [-0.3, -0.25) is 4.79 Å². The van der Waals surface area contributed by atoms with E-state index in [4.69, 9.17) is 4.52 Å². The van der Waals surface area contributed by atoms with Crippen molar-refractivity contribution in [1.29, 1.82) is 0 Å². The van der Waals surface area contributed by atoms with Gasteiger partial charge in [-0.25, -0.2) is 0 Å². The Kier molecular flexibility index (Phi) is 4.14. The molecule has 1 fully saturated rings. The summed E-state index contributed by atoms with van der Waals surface area (Å²) in [5.41, 5.74) is 0.407. The fraction of sp³-hybridized carbons (Fsp3) is 0.667. The normalized spacial score (nSPS) is 20.2. The molecule has 0 aliphatic carbocycles. The number of piperidine rings is 1. The molecular formula is C12H19N3O2. The minimum Gasteiger partial charge on any atom is -0.364 e. The Morgan fingerprint density at radius 3 is 3.18 bits per heavy atom. The zero-order valence-electron chi connectivity index (χ0n) is 10.2. The summed E-state index contributed by atoms with van der Waals surface area (Å²) in [5, 5.41) is 7.06. The van der Waals surface area contributed by atoms with Gasteiger partial charge in [0.05, 0.1) is 0 Å². The zero-order valence-corrected chi connectivity index (χ0v) is 10.2. The molecule has 1 aliphatic rings. The quantitative estimate of drug-likeness (QED) is 0.857. The van der Waals surface area contributed by atoms with E-state index in [1.54, 1.807) is 6.07 Å². The molecule has 0 aromatic carbocycles. The van der Waals surface area contributed by atoms with E-state index in [-0.39, 0.29) is 11.9 Å². The summed E-state index contributed by atoms with van der Waals surface area (Å²) >= 11 is 0. The van der Waals surface area contributed by atoms with Crippen molar-refractivity contribution in [2.75, 3.05) is 19.6 Å². The lowest BCUT2D eigenvalue weighted by Gasteiger charge is -2.34. The highest BCUT2D eigenvalue weighted by Gasteiger charge is 2.26. The van der Waals surface area contributed by atoms with E-state index < -0.39 is 0 Å². The van der Waals surface area contributed by atoms with Crippen LogP contribution in [0.25, 0.3) is 0 Å². The first-order valence-corrected chi connectivity index (χ1v) is 6.25. The average molecular weight is 237 g/mol. The van der Waals surface area contributed by atoms with E-state index in [1.165, 1.54) is 6.26 Å². The second-order valence-electron chi connectivity index (χ2n) is 4.38. The Labute approximate surface area is 101 Å². The Morgan fingerprint density at radius 1 is 1.71 bits per heavy atom. The number of hydrogen-bond acceptors (Lipinski definition) is 4. The second-order valence-corrected chi connectivity index (χ2v) is 4.38. The molecular weight excluding hydrogens is 218 g/mol. The van der Waals surface area contributed by atoms with Crippen LogP contribution in [0, 0.1) is 0 Å². The van der Waals surface area contributed by atoms with Gasteiger partial charge in [-0.1, -0.05) is 12.1 Å². The van der Waals surface area contributed by atoms with Crippen molar-refractivity contribution in [3.8, 4) is 0 Å². The molecule has 2 rings (SSSR count). The third-order valence-electron chi connectivity index (χ3n) is 3.09. The molecule has 0 radical (unpaired) electrons. The van der Waals surface area contributed by atoms with Gasteiger partial charge in [-0.15, -0.1) is 0 Å². The van der Waals surface area contributed by atoms with E-state index in [1.807, 2.05) is 4.90 Å². The smallest absolute Gasteiger partial charge is 0.276 e. The molecule has 2 heterocycles. The van der Waals surface area contributed by atoms with Crippen molar-refractivity contribution in [2.24, 2.45) is 0 Å². The Bertz CT molecular complexity index is 345. The lowest BCUT2D eigenvalue weighted by atomic mass is 10.1. The Morgan fingerprint density at radius 2 is 2.59 bits per heavy atom. The first kappa shape index (κ1) is 12.1. The van der Waals surface area contributed by atoms with Crippen LogP contribution in [0.3, 0.4) is 0 Å². The van der Waals surface area contributed by atoms with Crippen molar-refractivity contribution in [3.05, 3.63) is 18.0 Å². The standard InChI is InChI=1S/C12H19N3O2/c1-2-7-15(10-4-3-6-13-9-10)12(16)11-5-8-17-14-11/h5,8,10,13H,2-4,6-7,9H2,1H3. The highest BCUT2D eigenvalue weighted by molar-refractivity contribution is 5.92. The van der Waals surface area contributed by atoms with Crippen LogP contribution < -0.4 is 5.32 Å². The summed E-state index contributed by atoms with van der Waals surface area (Å²) in [5.74, 6) is -0.0192. The number of nitrogens with one attached hydrogen (secondary N) is 1. The first-order valence-electron chi connectivity index (χ1n) is 6.25. The summed E-state index contributed by atoms with van der Waals surface area (Å²) in [6, 6.07) is 1.91. The fourth-order valence-electron chi connectivity index (χ4n) is 2.26. The maximum absolute atomic E-state index is 12.3. The van der Waals surface area contributed by atoms with E-state index in [9.17, 15) is 4.79 Å². The summed E-state index contributed by atoms with van der Waals surface area (Å²) in [6.45, 7) is 4.79. The minimum absolute atomic E-state index is 0.0192. The van der Waals surface area contributed by atoms with Gasteiger partial charge in [-0.2, -0.15) is 0 Å². The molecule has 1 aromatic rings. The van der Waals surface area contributed by atoms with Gasteiger partial charge < -0.3 is 14.7 Å². The maximum atomic E-state index is 12.3. The third-order valence-corrected chi connectivity index (χ3v) is 3.09. The predicted octanol–water partition coefficient (Wildman–Crippen LogP) is 1.28. The van der Waals surface area contributed by atoms with Gasteiger partial charge in [0.25, 0.3) is 5.91 Å². The highest BCUT2D eigenvalue weighted by Crippen LogP contribution is 2.14. The number of carbonyl (C=O) groups is 1. The Balaban J connectivity index is 2.07. The minimum atomic E-state index is -0.0192. The molecule has 17 heavy (non-hydrogen) atoms. The topological polar surface area (TPSA) is 58.4 Å². The van der Waals surface area contributed by atoms with Crippen LogP contribution in [0.15, 0.2) is 16.9 Å². The van der Waals surface area contributed by atoms with Gasteiger partial charge in [0.2, 0.25) is 0 Å². The molecule has 5 nitrogen and oxygen atoms in total. The van der Waals surface area contributed by atoms with Crippen LogP contribution >= 0.6 is 0 Å². The molecule has 0 bridgehead atoms. The number of aromatic nitrogens is 1. The van der Waals surface area contributed by atoms with E-state index in [0.717, 1.165) is 38.9 Å². The molecule has 5 heteroatoms. The monoisotopic (exact) mass is 237 g/mol. The van der Waals surface area contributed by atoms with Crippen LogP contribution in [-0.2, 0) is 0 Å². The number of hydrogen-bond donors (Lipinski definition) is 1. The summed E-state index contributed by atoms with van der Waals surface area (Å²) in [6.07, 6.45) is 4.59. The lowest BCUT2D eigenvalue weighted by Crippen LogP contribution is -2.49. The molecule has 1 unspecified atom stereocenters. The summed E-state index contributed by atoms with van der Waals surface area (Å²) < 4.78 is 4.74.